The van der Waals surface area contributed by atoms with Crippen LogP contribution in [0.5, 0.6) is 0 Å². The lowest BCUT2D eigenvalue weighted by Gasteiger charge is -2.23. The van der Waals surface area contributed by atoms with Gasteiger partial charge in [-0.05, 0) is 49.5 Å². The first-order chi connectivity index (χ1) is 7.87. The zero-order valence-corrected chi connectivity index (χ0v) is 12.3. The third-order valence-electron chi connectivity index (χ3n) is 3.80. The Morgan fingerprint density at radius 3 is 2.41 bits per heavy atom. The second kappa shape index (κ2) is 6.19. The summed E-state index contributed by atoms with van der Waals surface area (Å²) in [4.78, 5) is 0. The maximum atomic E-state index is 6.14. The lowest BCUT2D eigenvalue weighted by atomic mass is 9.87. The second-order valence-electron chi connectivity index (χ2n) is 7.24. The van der Waals surface area contributed by atoms with Crippen molar-refractivity contribution in [3.05, 3.63) is 0 Å². The summed E-state index contributed by atoms with van der Waals surface area (Å²) in [6.45, 7) is 11.4. The van der Waals surface area contributed by atoms with Gasteiger partial charge in [0.2, 0.25) is 0 Å². The third-order valence-corrected chi connectivity index (χ3v) is 3.80. The molecule has 0 aliphatic heterocycles. The Kier molecular flexibility index (Phi) is 5.46. The van der Waals surface area contributed by atoms with Crippen molar-refractivity contribution in [3.8, 4) is 0 Å². The summed E-state index contributed by atoms with van der Waals surface area (Å²) in [5.74, 6) is 0. The summed E-state index contributed by atoms with van der Waals surface area (Å²) < 4.78 is 0. The van der Waals surface area contributed by atoms with E-state index < -0.39 is 0 Å². The molecule has 1 unspecified atom stereocenters. The van der Waals surface area contributed by atoms with Gasteiger partial charge in [-0.25, -0.2) is 0 Å². The van der Waals surface area contributed by atoms with Crippen molar-refractivity contribution in [2.45, 2.75) is 72.3 Å². The Labute approximate surface area is 108 Å². The van der Waals surface area contributed by atoms with Crippen LogP contribution in [0.3, 0.4) is 0 Å². The van der Waals surface area contributed by atoms with E-state index in [1.165, 1.54) is 32.2 Å². The molecule has 0 aromatic rings. The molecule has 0 radical (unpaired) electrons. The molecule has 1 rings (SSSR count). The summed E-state index contributed by atoms with van der Waals surface area (Å²) >= 11 is 0. The van der Waals surface area contributed by atoms with Crippen LogP contribution in [0.4, 0.5) is 0 Å². The van der Waals surface area contributed by atoms with Crippen LogP contribution in [-0.4, -0.2) is 19.1 Å². The molecule has 0 bridgehead atoms. The zero-order chi connectivity index (χ0) is 12.9. The Morgan fingerprint density at radius 2 is 1.94 bits per heavy atom. The molecule has 0 aromatic heterocycles. The van der Waals surface area contributed by atoms with Gasteiger partial charge in [-0.1, -0.05) is 34.1 Å². The Hall–Kier alpha value is -0.0800. The molecule has 3 N–H and O–H groups in total. The lowest BCUT2D eigenvalue weighted by molar-refractivity contribution is 0.325. The fourth-order valence-corrected chi connectivity index (χ4v) is 2.75. The average molecular weight is 240 g/mol. The number of nitrogens with one attached hydrogen (secondary N) is 1. The smallest absolute Gasteiger partial charge is 0.00558 e. The molecule has 0 aromatic carbocycles. The number of hydrogen-bond acceptors (Lipinski definition) is 2. The van der Waals surface area contributed by atoms with Crippen LogP contribution in [0, 0.1) is 10.8 Å². The predicted molar refractivity (Wildman–Crippen MR) is 76.1 cm³/mol. The van der Waals surface area contributed by atoms with Crippen LogP contribution in [0.1, 0.15) is 66.2 Å². The van der Waals surface area contributed by atoms with Crippen molar-refractivity contribution in [2.24, 2.45) is 16.6 Å². The molecular weight excluding hydrogens is 208 g/mol. The van der Waals surface area contributed by atoms with Crippen LogP contribution in [0.15, 0.2) is 0 Å². The van der Waals surface area contributed by atoms with Gasteiger partial charge in [0.05, 0.1) is 0 Å². The van der Waals surface area contributed by atoms with E-state index in [0.29, 0.717) is 16.9 Å². The topological polar surface area (TPSA) is 38.0 Å². The van der Waals surface area contributed by atoms with Gasteiger partial charge in [0, 0.05) is 12.6 Å². The van der Waals surface area contributed by atoms with Crippen LogP contribution in [0.2, 0.25) is 0 Å². The Balaban J connectivity index is 2.04. The van der Waals surface area contributed by atoms with E-state index in [2.05, 4.69) is 33.0 Å². The quantitative estimate of drug-likeness (QED) is 0.639. The Morgan fingerprint density at radius 1 is 1.29 bits per heavy atom. The monoisotopic (exact) mass is 240 g/mol. The minimum atomic E-state index is 0.351. The highest BCUT2D eigenvalue weighted by atomic mass is 14.9. The minimum Gasteiger partial charge on any atom is -0.328 e. The summed E-state index contributed by atoms with van der Waals surface area (Å²) in [7, 11) is 0. The van der Waals surface area contributed by atoms with Crippen molar-refractivity contribution in [1.82, 2.24) is 5.32 Å². The van der Waals surface area contributed by atoms with Gasteiger partial charge in [-0.3, -0.25) is 0 Å². The van der Waals surface area contributed by atoms with Crippen LogP contribution in [-0.2, 0) is 0 Å². The predicted octanol–water partition coefficient (Wildman–Crippen LogP) is 3.31. The molecule has 102 valence electrons. The lowest BCUT2D eigenvalue weighted by Crippen LogP contribution is -2.32. The van der Waals surface area contributed by atoms with Gasteiger partial charge >= 0.3 is 0 Å². The standard InChI is InChI=1S/C15H32N2/c1-5-7-15(8-9-15)12-17-10-6-13(16)11-14(2,3)4/h13,17H,5-12,16H2,1-4H3. The molecule has 2 nitrogen and oxygen atoms in total. The molecular formula is C15H32N2. The fourth-order valence-electron chi connectivity index (χ4n) is 2.75. The molecule has 1 fully saturated rings. The first-order valence-electron chi connectivity index (χ1n) is 7.33. The first-order valence-corrected chi connectivity index (χ1v) is 7.33. The third kappa shape index (κ3) is 6.42. The summed E-state index contributed by atoms with van der Waals surface area (Å²) in [5, 5.41) is 3.61. The minimum absolute atomic E-state index is 0.351. The van der Waals surface area contributed by atoms with Crippen molar-refractivity contribution in [2.75, 3.05) is 13.1 Å². The SMILES string of the molecule is CCCC1(CNCCC(N)CC(C)(C)C)CC1. The van der Waals surface area contributed by atoms with Gasteiger partial charge in [0.25, 0.3) is 0 Å². The normalized spacial score (nSPS) is 20.3. The number of rotatable bonds is 8. The van der Waals surface area contributed by atoms with Crippen molar-refractivity contribution in [1.29, 1.82) is 0 Å². The summed E-state index contributed by atoms with van der Waals surface area (Å²) in [6.07, 6.45) is 7.82. The van der Waals surface area contributed by atoms with Crippen LogP contribution < -0.4 is 11.1 Å². The zero-order valence-electron chi connectivity index (χ0n) is 12.3. The van der Waals surface area contributed by atoms with E-state index >= 15 is 0 Å². The van der Waals surface area contributed by atoms with Crippen molar-refractivity contribution >= 4 is 0 Å². The van der Waals surface area contributed by atoms with E-state index in [1.807, 2.05) is 0 Å². The van der Waals surface area contributed by atoms with Crippen LogP contribution in [0.25, 0.3) is 0 Å². The molecule has 2 heteroatoms. The van der Waals surface area contributed by atoms with E-state index in [-0.39, 0.29) is 0 Å². The van der Waals surface area contributed by atoms with Gasteiger partial charge < -0.3 is 11.1 Å². The molecule has 17 heavy (non-hydrogen) atoms. The molecule has 1 aliphatic carbocycles. The van der Waals surface area contributed by atoms with Gasteiger partial charge in [-0.15, -0.1) is 0 Å². The van der Waals surface area contributed by atoms with Crippen molar-refractivity contribution < 1.29 is 0 Å². The molecule has 0 amide bonds. The second-order valence-corrected chi connectivity index (χ2v) is 7.24. The van der Waals surface area contributed by atoms with Crippen LogP contribution >= 0.6 is 0 Å². The highest BCUT2D eigenvalue weighted by molar-refractivity contribution is 4.94. The molecule has 1 atom stereocenters. The van der Waals surface area contributed by atoms with E-state index in [4.69, 9.17) is 5.73 Å². The summed E-state index contributed by atoms with van der Waals surface area (Å²) in [6, 6.07) is 0.351. The Bertz CT molecular complexity index is 213. The molecule has 0 saturated heterocycles. The summed E-state index contributed by atoms with van der Waals surface area (Å²) in [5.41, 5.74) is 7.17. The van der Waals surface area contributed by atoms with Gasteiger partial charge in [0.1, 0.15) is 0 Å². The number of hydrogen-bond donors (Lipinski definition) is 2. The van der Waals surface area contributed by atoms with Gasteiger partial charge in [0.15, 0.2) is 0 Å². The largest absolute Gasteiger partial charge is 0.328 e. The maximum absolute atomic E-state index is 6.14. The van der Waals surface area contributed by atoms with E-state index in [9.17, 15) is 0 Å². The molecule has 0 spiro atoms. The first kappa shape index (κ1) is 15.0. The molecule has 0 heterocycles. The fraction of sp³-hybridized carbons (Fsp3) is 1.00. The van der Waals surface area contributed by atoms with E-state index in [1.54, 1.807) is 0 Å². The number of nitrogens with two attached hydrogens (primary N) is 1. The highest BCUT2D eigenvalue weighted by Gasteiger charge is 2.40. The molecule has 1 aliphatic rings. The van der Waals surface area contributed by atoms with E-state index in [0.717, 1.165) is 19.4 Å². The van der Waals surface area contributed by atoms with Gasteiger partial charge in [-0.2, -0.15) is 0 Å². The molecule has 1 saturated carbocycles. The highest BCUT2D eigenvalue weighted by Crippen LogP contribution is 2.48. The average Bonchev–Trinajstić information content (AvgIpc) is 2.91. The maximum Gasteiger partial charge on any atom is 0.00558 e. The van der Waals surface area contributed by atoms with Crippen molar-refractivity contribution in [3.63, 3.8) is 0 Å².